The van der Waals surface area contributed by atoms with Crippen molar-refractivity contribution in [1.29, 1.82) is 0 Å². The normalized spacial score (nSPS) is 9.73. The third kappa shape index (κ3) is 7.39. The van der Waals surface area contributed by atoms with E-state index < -0.39 is 21.2 Å². The second-order valence-electron chi connectivity index (χ2n) is 4.18. The molecule has 6 heteroatoms. The van der Waals surface area contributed by atoms with Crippen molar-refractivity contribution in [3.8, 4) is 5.75 Å². The van der Waals surface area contributed by atoms with Crippen LogP contribution in [-0.4, -0.2) is 17.1 Å². The Balaban J connectivity index is 0.000000235. The SMILES string of the molecule is C/C=C/c1cbccc1.O=ICC(=O)c1cccc(OI)c1. The van der Waals surface area contributed by atoms with Gasteiger partial charge in [0, 0.05) is 5.56 Å². The summed E-state index contributed by atoms with van der Waals surface area (Å²) in [4.78, 5) is 11.3. The molecule has 2 rings (SSSR count). The minimum Gasteiger partial charge on any atom is -0.428 e. The number of carbonyl (C=O) groups excluding carboxylic acids is 1. The topological polar surface area (TPSA) is 43.4 Å². The smallest absolute Gasteiger partial charge is 0.192 e. The second-order valence-corrected chi connectivity index (χ2v) is 6.01. The zero-order valence-corrected chi connectivity index (χ0v) is 16.4. The van der Waals surface area contributed by atoms with Gasteiger partial charge in [0.15, 0.2) is 50.0 Å². The van der Waals surface area contributed by atoms with Crippen LogP contribution in [0.15, 0.2) is 54.4 Å². The van der Waals surface area contributed by atoms with E-state index in [4.69, 9.17) is 3.07 Å². The number of halogens is 2. The predicted molar refractivity (Wildman–Crippen MR) is 107 cm³/mol. The van der Waals surface area contributed by atoms with E-state index in [0.717, 1.165) is 0 Å². The zero-order valence-electron chi connectivity index (χ0n) is 12.0. The molecule has 1 heterocycles. The summed E-state index contributed by atoms with van der Waals surface area (Å²) in [6.07, 6.45) is 4.12. The maximum Gasteiger partial charge on any atom is 0.192 e. The van der Waals surface area contributed by atoms with Gasteiger partial charge in [-0.3, -0.25) is 7.86 Å². The van der Waals surface area contributed by atoms with Gasteiger partial charge in [0.2, 0.25) is 0 Å². The van der Waals surface area contributed by atoms with Crippen LogP contribution in [0.5, 0.6) is 5.75 Å². The Morgan fingerprint density at radius 2 is 2.18 bits per heavy atom. The van der Waals surface area contributed by atoms with Crippen LogP contribution in [0.2, 0.25) is 0 Å². The van der Waals surface area contributed by atoms with Gasteiger partial charge in [-0.15, -0.1) is 0 Å². The molecule has 0 fully saturated rings. The fourth-order valence-corrected chi connectivity index (χ4v) is 2.60. The summed E-state index contributed by atoms with van der Waals surface area (Å²) in [6, 6.07) is 11.0. The number of benzene rings is 1. The largest absolute Gasteiger partial charge is 0.428 e. The zero-order chi connectivity index (χ0) is 16.2. The fraction of sp³-hybridized carbons (Fsp3) is 0.125. The van der Waals surface area contributed by atoms with Gasteiger partial charge in [-0.05, 0) is 12.1 Å². The second kappa shape index (κ2) is 11.6. The van der Waals surface area contributed by atoms with Crippen LogP contribution < -0.4 is 3.07 Å². The molecule has 0 aliphatic heterocycles. The van der Waals surface area contributed by atoms with Gasteiger partial charge in [0.05, 0.1) is 4.43 Å². The molecule has 3 nitrogen and oxygen atoms in total. The Morgan fingerprint density at radius 1 is 1.36 bits per heavy atom. The van der Waals surface area contributed by atoms with E-state index in [1.165, 1.54) is 5.56 Å². The average molecular weight is 520 g/mol. The van der Waals surface area contributed by atoms with Crippen molar-refractivity contribution in [3.05, 3.63) is 65.5 Å². The molecule has 0 aliphatic carbocycles. The number of allylic oxidation sites excluding steroid dienone is 1. The molecule has 22 heavy (non-hydrogen) atoms. The Kier molecular flexibility index (Phi) is 10.1. The molecule has 114 valence electrons. The summed E-state index contributed by atoms with van der Waals surface area (Å²) in [7, 11) is 0. The van der Waals surface area contributed by atoms with Gasteiger partial charge in [0.1, 0.15) is 5.75 Å². The third-order valence-corrected chi connectivity index (χ3v) is 4.09. The molecule has 0 aliphatic rings. The molecule has 0 unspecified atom stereocenters. The molecule has 0 atom stereocenters. The molecule has 0 bridgehead atoms. The standard InChI is InChI=1S/C8H9B.C8H6I2O3/c1-2-4-8-5-3-6-9-7-8;9-13-7-3-1-2-6(4-7)8(11)5-10-12/h2-7H,1H3;1-4H,5H2/b4-2+;. The van der Waals surface area contributed by atoms with Gasteiger partial charge < -0.3 is 3.07 Å². The number of hydrogen-bond acceptors (Lipinski definition) is 3. The minimum atomic E-state index is -1.22. The molecule has 0 saturated heterocycles. The predicted octanol–water partition coefficient (Wildman–Crippen LogP) is 4.97. The van der Waals surface area contributed by atoms with Crippen molar-refractivity contribution >= 4 is 63.0 Å². The molecular weight excluding hydrogens is 505 g/mol. The van der Waals surface area contributed by atoms with E-state index in [1.807, 2.05) is 31.9 Å². The third-order valence-electron chi connectivity index (χ3n) is 2.58. The molecule has 0 radical (unpaired) electrons. The minimum absolute atomic E-state index is 0.0851. The van der Waals surface area contributed by atoms with E-state index in [-0.39, 0.29) is 10.2 Å². The van der Waals surface area contributed by atoms with Crippen LogP contribution in [0.3, 0.4) is 0 Å². The molecule has 0 saturated carbocycles. The summed E-state index contributed by atoms with van der Waals surface area (Å²) in [5.74, 6) is 4.65. The van der Waals surface area contributed by atoms with Crippen LogP contribution >= 0.6 is 44.2 Å². The number of Topliss-reactive ketones (excluding diaryl/α,β-unsaturated/α-hetero) is 1. The quantitative estimate of drug-likeness (QED) is 0.318. The number of alkyl halides is 1. The maximum absolute atomic E-state index is 11.3. The van der Waals surface area contributed by atoms with Gasteiger partial charge in [0.25, 0.3) is 0 Å². The Morgan fingerprint density at radius 3 is 2.77 bits per heavy atom. The van der Waals surface area contributed by atoms with E-state index >= 15 is 0 Å². The molecule has 0 amide bonds. The number of carbonyl (C=O) groups is 1. The molecule has 1 aromatic heterocycles. The maximum atomic E-state index is 11.3. The number of ketones is 1. The summed E-state index contributed by atoms with van der Waals surface area (Å²) in [5, 5.41) is 0. The first-order valence-corrected chi connectivity index (χ1v) is 9.81. The van der Waals surface area contributed by atoms with Crippen molar-refractivity contribution in [2.24, 2.45) is 0 Å². The number of hydrogen-bond donors (Lipinski definition) is 0. The molecular formula is C16H15BI2O3. The van der Waals surface area contributed by atoms with Gasteiger partial charge in [-0.2, -0.15) is 0 Å². The Labute approximate surface area is 155 Å². The fourth-order valence-electron chi connectivity index (χ4n) is 1.60. The summed E-state index contributed by atoms with van der Waals surface area (Å²) < 4.78 is 15.4. The van der Waals surface area contributed by atoms with Crippen LogP contribution in [0.4, 0.5) is 0 Å². The van der Waals surface area contributed by atoms with Crippen LogP contribution in [0.1, 0.15) is 22.8 Å². The molecule has 0 spiro atoms. The van der Waals surface area contributed by atoms with Crippen molar-refractivity contribution in [2.75, 3.05) is 4.43 Å². The summed E-state index contributed by atoms with van der Waals surface area (Å²) >= 11 is 0.533. The monoisotopic (exact) mass is 520 g/mol. The van der Waals surface area contributed by atoms with Crippen molar-refractivity contribution in [2.45, 2.75) is 6.92 Å². The van der Waals surface area contributed by atoms with E-state index in [2.05, 4.69) is 18.1 Å². The van der Waals surface area contributed by atoms with E-state index in [1.54, 1.807) is 47.3 Å². The number of rotatable bonds is 5. The summed E-state index contributed by atoms with van der Waals surface area (Å²) in [5.41, 5.74) is 1.82. The van der Waals surface area contributed by atoms with Gasteiger partial charge in [-0.1, -0.05) is 12.1 Å². The van der Waals surface area contributed by atoms with Crippen molar-refractivity contribution < 1.29 is 10.9 Å². The first kappa shape index (κ1) is 19.2. The molecule has 0 N–H and O–H groups in total. The average Bonchev–Trinajstić information content (AvgIpc) is 2.57. The van der Waals surface area contributed by atoms with E-state index in [0.29, 0.717) is 11.3 Å². The van der Waals surface area contributed by atoms with Crippen LogP contribution in [0.25, 0.3) is 6.08 Å². The summed E-state index contributed by atoms with van der Waals surface area (Å²) in [6.45, 7) is 4.06. The Hall–Kier alpha value is -0.895. The van der Waals surface area contributed by atoms with Crippen molar-refractivity contribution in [1.82, 2.24) is 0 Å². The van der Waals surface area contributed by atoms with E-state index in [9.17, 15) is 7.86 Å². The van der Waals surface area contributed by atoms with Crippen molar-refractivity contribution in [3.63, 3.8) is 0 Å². The first-order valence-electron chi connectivity index (χ1n) is 6.52. The first-order chi connectivity index (χ1) is 10.7. The van der Waals surface area contributed by atoms with Gasteiger partial charge >= 0.3 is 55.6 Å². The van der Waals surface area contributed by atoms with Gasteiger partial charge in [-0.25, -0.2) is 0 Å². The molecule has 2 aromatic rings. The molecule has 1 aromatic carbocycles. The van der Waals surface area contributed by atoms with Crippen LogP contribution in [0, 0.1) is 0 Å². The Bertz CT molecular complexity index is 630. The van der Waals surface area contributed by atoms with Crippen LogP contribution in [-0.2, 0) is 3.07 Å².